The molecule has 4 nitrogen and oxygen atoms in total. The third kappa shape index (κ3) is 4.67. The molecule has 0 spiro atoms. The third-order valence-electron chi connectivity index (χ3n) is 4.13. The fourth-order valence-corrected chi connectivity index (χ4v) is 2.98. The van der Waals surface area contributed by atoms with Crippen LogP contribution in [0.2, 0.25) is 5.02 Å². The SMILES string of the molecule is CC(C)Oc1cc(Cl)cc(-c2ccc(OCC3CC3C(=O)O)cc2)c1. The molecule has 0 aliphatic heterocycles. The summed E-state index contributed by atoms with van der Waals surface area (Å²) in [5.41, 5.74) is 1.99. The molecule has 0 bridgehead atoms. The Labute approximate surface area is 152 Å². The van der Waals surface area contributed by atoms with E-state index in [9.17, 15) is 4.79 Å². The van der Waals surface area contributed by atoms with E-state index in [1.807, 2.05) is 50.2 Å². The molecule has 3 rings (SSSR count). The molecule has 2 unspecified atom stereocenters. The Hall–Kier alpha value is -2.20. The smallest absolute Gasteiger partial charge is 0.306 e. The van der Waals surface area contributed by atoms with Crippen LogP contribution >= 0.6 is 11.6 Å². The topological polar surface area (TPSA) is 55.8 Å². The summed E-state index contributed by atoms with van der Waals surface area (Å²) in [4.78, 5) is 10.8. The van der Waals surface area contributed by atoms with Gasteiger partial charge < -0.3 is 14.6 Å². The maximum Gasteiger partial charge on any atom is 0.306 e. The lowest BCUT2D eigenvalue weighted by Crippen LogP contribution is -2.06. The average Bonchev–Trinajstić information content (AvgIpc) is 3.32. The minimum Gasteiger partial charge on any atom is -0.493 e. The van der Waals surface area contributed by atoms with Crippen LogP contribution in [0.5, 0.6) is 11.5 Å². The Kier molecular flexibility index (Phi) is 5.19. The number of aliphatic carboxylic acids is 1. The molecular formula is C20H21ClO4. The molecule has 0 radical (unpaired) electrons. The van der Waals surface area contributed by atoms with Gasteiger partial charge >= 0.3 is 5.97 Å². The first-order valence-electron chi connectivity index (χ1n) is 8.35. The molecule has 1 N–H and O–H groups in total. The van der Waals surface area contributed by atoms with E-state index in [-0.39, 0.29) is 17.9 Å². The van der Waals surface area contributed by atoms with Crippen molar-refractivity contribution < 1.29 is 19.4 Å². The highest BCUT2D eigenvalue weighted by Gasteiger charge is 2.43. The van der Waals surface area contributed by atoms with Gasteiger partial charge in [0.15, 0.2) is 0 Å². The fraction of sp³-hybridized carbons (Fsp3) is 0.350. The number of carbonyl (C=O) groups is 1. The predicted molar refractivity (Wildman–Crippen MR) is 97.4 cm³/mol. The number of rotatable bonds is 7. The molecule has 5 heteroatoms. The molecule has 1 aliphatic rings. The molecule has 2 aromatic rings. The second kappa shape index (κ2) is 7.36. The van der Waals surface area contributed by atoms with E-state index in [4.69, 9.17) is 26.2 Å². The van der Waals surface area contributed by atoms with Crippen LogP contribution in [0.4, 0.5) is 0 Å². The van der Waals surface area contributed by atoms with Gasteiger partial charge in [0, 0.05) is 10.9 Å². The summed E-state index contributed by atoms with van der Waals surface area (Å²) >= 11 is 6.19. The highest BCUT2D eigenvalue weighted by atomic mass is 35.5. The van der Waals surface area contributed by atoms with Crippen LogP contribution in [0.1, 0.15) is 20.3 Å². The van der Waals surface area contributed by atoms with E-state index in [2.05, 4.69) is 0 Å². The Balaban J connectivity index is 1.66. The molecule has 25 heavy (non-hydrogen) atoms. The van der Waals surface area contributed by atoms with Crippen molar-refractivity contribution in [1.29, 1.82) is 0 Å². The van der Waals surface area contributed by atoms with Crippen molar-refractivity contribution in [2.75, 3.05) is 6.61 Å². The van der Waals surface area contributed by atoms with Gasteiger partial charge in [-0.15, -0.1) is 0 Å². The minimum atomic E-state index is -0.732. The second-order valence-corrected chi connectivity index (χ2v) is 7.05. The number of carboxylic acids is 1. The van der Waals surface area contributed by atoms with Gasteiger partial charge in [-0.05, 0) is 61.7 Å². The molecule has 2 aromatic carbocycles. The van der Waals surface area contributed by atoms with Crippen molar-refractivity contribution in [3.63, 3.8) is 0 Å². The normalized spacial score (nSPS) is 18.9. The summed E-state index contributed by atoms with van der Waals surface area (Å²) in [7, 11) is 0. The van der Waals surface area contributed by atoms with Crippen LogP contribution in [0.15, 0.2) is 42.5 Å². The predicted octanol–water partition coefficient (Wildman–Crippen LogP) is 4.89. The van der Waals surface area contributed by atoms with Crippen molar-refractivity contribution in [3.8, 4) is 22.6 Å². The molecule has 0 aromatic heterocycles. The number of halogens is 1. The van der Waals surface area contributed by atoms with Gasteiger partial charge in [0.2, 0.25) is 0 Å². The number of benzene rings is 2. The Morgan fingerprint density at radius 2 is 1.88 bits per heavy atom. The largest absolute Gasteiger partial charge is 0.493 e. The highest BCUT2D eigenvalue weighted by molar-refractivity contribution is 6.31. The molecule has 1 aliphatic carbocycles. The number of hydrogen-bond acceptors (Lipinski definition) is 3. The van der Waals surface area contributed by atoms with Crippen molar-refractivity contribution in [1.82, 2.24) is 0 Å². The minimum absolute atomic E-state index is 0.0825. The van der Waals surface area contributed by atoms with Gasteiger partial charge in [-0.3, -0.25) is 4.79 Å². The second-order valence-electron chi connectivity index (χ2n) is 6.62. The molecule has 0 amide bonds. The molecule has 1 saturated carbocycles. The first-order chi connectivity index (χ1) is 11.9. The molecule has 1 fully saturated rings. The van der Waals surface area contributed by atoms with E-state index in [1.165, 1.54) is 0 Å². The first-order valence-corrected chi connectivity index (χ1v) is 8.73. The van der Waals surface area contributed by atoms with Gasteiger partial charge in [0.25, 0.3) is 0 Å². The van der Waals surface area contributed by atoms with Crippen LogP contribution in [0.3, 0.4) is 0 Å². The zero-order valence-electron chi connectivity index (χ0n) is 14.2. The van der Waals surface area contributed by atoms with Gasteiger partial charge in [-0.1, -0.05) is 23.7 Å². The van der Waals surface area contributed by atoms with Crippen LogP contribution in [-0.2, 0) is 4.79 Å². The molecular weight excluding hydrogens is 340 g/mol. The lowest BCUT2D eigenvalue weighted by atomic mass is 10.1. The Morgan fingerprint density at radius 1 is 1.16 bits per heavy atom. The Morgan fingerprint density at radius 3 is 2.48 bits per heavy atom. The van der Waals surface area contributed by atoms with Crippen molar-refractivity contribution >= 4 is 17.6 Å². The summed E-state index contributed by atoms with van der Waals surface area (Å²) in [6.07, 6.45) is 0.785. The van der Waals surface area contributed by atoms with Crippen LogP contribution in [-0.4, -0.2) is 23.8 Å². The number of hydrogen-bond donors (Lipinski definition) is 1. The van der Waals surface area contributed by atoms with Gasteiger partial charge in [0.05, 0.1) is 18.6 Å². The summed E-state index contributed by atoms with van der Waals surface area (Å²) < 4.78 is 11.4. The monoisotopic (exact) mass is 360 g/mol. The lowest BCUT2D eigenvalue weighted by molar-refractivity contribution is -0.138. The maximum atomic E-state index is 10.8. The molecule has 132 valence electrons. The van der Waals surface area contributed by atoms with Crippen LogP contribution in [0, 0.1) is 11.8 Å². The van der Waals surface area contributed by atoms with Gasteiger partial charge in [-0.25, -0.2) is 0 Å². The zero-order chi connectivity index (χ0) is 18.0. The Bertz CT molecular complexity index is 755. The van der Waals surface area contributed by atoms with Crippen LogP contribution < -0.4 is 9.47 Å². The van der Waals surface area contributed by atoms with E-state index in [0.29, 0.717) is 18.1 Å². The van der Waals surface area contributed by atoms with E-state index in [0.717, 1.165) is 22.6 Å². The van der Waals surface area contributed by atoms with Crippen molar-refractivity contribution in [2.45, 2.75) is 26.4 Å². The maximum absolute atomic E-state index is 10.8. The van der Waals surface area contributed by atoms with E-state index in [1.54, 1.807) is 6.07 Å². The summed E-state index contributed by atoms with van der Waals surface area (Å²) in [6, 6.07) is 13.4. The standard InChI is InChI=1S/C20H21ClO4/c1-12(2)25-18-8-14(7-16(21)10-18)13-3-5-17(6-4-13)24-11-15-9-19(15)20(22)23/h3-8,10,12,15,19H,9,11H2,1-2H3,(H,22,23). The van der Waals surface area contributed by atoms with E-state index >= 15 is 0 Å². The van der Waals surface area contributed by atoms with Crippen molar-refractivity contribution in [3.05, 3.63) is 47.5 Å². The lowest BCUT2D eigenvalue weighted by Gasteiger charge is -2.12. The molecule has 0 saturated heterocycles. The highest BCUT2D eigenvalue weighted by Crippen LogP contribution is 2.39. The summed E-state index contributed by atoms with van der Waals surface area (Å²) in [5, 5.41) is 9.53. The average molecular weight is 361 g/mol. The molecule has 0 heterocycles. The first kappa shape index (κ1) is 17.6. The number of ether oxygens (including phenoxy) is 2. The van der Waals surface area contributed by atoms with E-state index < -0.39 is 5.97 Å². The third-order valence-corrected chi connectivity index (χ3v) is 4.35. The van der Waals surface area contributed by atoms with Crippen LogP contribution in [0.25, 0.3) is 11.1 Å². The molecule has 2 atom stereocenters. The summed E-state index contributed by atoms with van der Waals surface area (Å²) in [6.45, 7) is 4.39. The number of carboxylic acid groups (broad SMARTS) is 1. The van der Waals surface area contributed by atoms with Gasteiger partial charge in [-0.2, -0.15) is 0 Å². The quantitative estimate of drug-likeness (QED) is 0.763. The van der Waals surface area contributed by atoms with Crippen molar-refractivity contribution in [2.24, 2.45) is 11.8 Å². The zero-order valence-corrected chi connectivity index (χ0v) is 15.0. The summed E-state index contributed by atoms with van der Waals surface area (Å²) in [5.74, 6) is 0.627. The van der Waals surface area contributed by atoms with Gasteiger partial charge in [0.1, 0.15) is 11.5 Å². The fourth-order valence-electron chi connectivity index (χ4n) is 2.75.